The minimum Gasteiger partial charge on any atom is -0.421 e. The average molecular weight is 346 g/mol. The van der Waals surface area contributed by atoms with E-state index in [9.17, 15) is 12.8 Å². The third-order valence-electron chi connectivity index (χ3n) is 3.52. The predicted molar refractivity (Wildman–Crippen MR) is 86.6 cm³/mol. The molecule has 0 unspecified atom stereocenters. The molecule has 1 heterocycles. The van der Waals surface area contributed by atoms with E-state index in [2.05, 4.69) is 10.2 Å². The van der Waals surface area contributed by atoms with Crippen LogP contribution in [0.15, 0.2) is 57.8 Å². The van der Waals surface area contributed by atoms with Gasteiger partial charge in [-0.3, -0.25) is 0 Å². The Hall–Kier alpha value is -2.54. The van der Waals surface area contributed by atoms with Gasteiger partial charge in [0.05, 0.1) is 10.6 Å². The Morgan fingerprint density at radius 2 is 1.67 bits per heavy atom. The van der Waals surface area contributed by atoms with Crippen molar-refractivity contribution in [3.8, 4) is 11.5 Å². The van der Waals surface area contributed by atoms with Gasteiger partial charge in [-0.25, -0.2) is 12.8 Å². The van der Waals surface area contributed by atoms with Crippen LogP contribution < -0.4 is 0 Å². The smallest absolute Gasteiger partial charge is 0.247 e. The van der Waals surface area contributed by atoms with Gasteiger partial charge in [-0.05, 0) is 43.3 Å². The molecule has 24 heavy (non-hydrogen) atoms. The van der Waals surface area contributed by atoms with Gasteiger partial charge >= 0.3 is 0 Å². The number of hydrogen-bond acceptors (Lipinski definition) is 5. The van der Waals surface area contributed by atoms with Crippen LogP contribution in [0.25, 0.3) is 11.5 Å². The van der Waals surface area contributed by atoms with Gasteiger partial charge in [0.2, 0.25) is 11.8 Å². The number of nitrogens with zero attached hydrogens (tertiary/aromatic N) is 2. The van der Waals surface area contributed by atoms with Gasteiger partial charge in [0.15, 0.2) is 9.84 Å². The highest BCUT2D eigenvalue weighted by Crippen LogP contribution is 2.19. The molecule has 0 spiro atoms. The second-order valence-electron chi connectivity index (χ2n) is 5.39. The van der Waals surface area contributed by atoms with E-state index in [1.54, 1.807) is 24.3 Å². The summed E-state index contributed by atoms with van der Waals surface area (Å²) in [5, 5.41) is 7.72. The quantitative estimate of drug-likeness (QED) is 0.709. The van der Waals surface area contributed by atoms with Crippen molar-refractivity contribution >= 4 is 9.84 Å². The van der Waals surface area contributed by atoms with Crippen LogP contribution in [0.3, 0.4) is 0 Å². The lowest BCUT2D eigenvalue weighted by Crippen LogP contribution is -2.09. The fraction of sp³-hybridized carbons (Fsp3) is 0.176. The largest absolute Gasteiger partial charge is 0.421 e. The van der Waals surface area contributed by atoms with Crippen molar-refractivity contribution in [1.29, 1.82) is 0 Å². The van der Waals surface area contributed by atoms with Crippen LogP contribution in [0.4, 0.5) is 4.39 Å². The Bertz CT molecular complexity index is 933. The molecule has 0 fully saturated rings. The van der Waals surface area contributed by atoms with E-state index in [1.165, 1.54) is 24.3 Å². The van der Waals surface area contributed by atoms with Crippen LogP contribution in [0.2, 0.25) is 0 Å². The fourth-order valence-corrected chi connectivity index (χ4v) is 3.38. The average Bonchev–Trinajstić information content (AvgIpc) is 3.03. The van der Waals surface area contributed by atoms with Crippen molar-refractivity contribution in [3.63, 3.8) is 0 Å². The van der Waals surface area contributed by atoms with E-state index in [1.807, 2.05) is 6.92 Å². The zero-order chi connectivity index (χ0) is 17.2. The van der Waals surface area contributed by atoms with Crippen LogP contribution in [0.5, 0.6) is 0 Å². The van der Waals surface area contributed by atoms with Crippen molar-refractivity contribution in [2.24, 2.45) is 0 Å². The summed E-state index contributed by atoms with van der Waals surface area (Å²) in [7, 11) is -3.41. The van der Waals surface area contributed by atoms with Crippen LogP contribution in [0, 0.1) is 12.7 Å². The van der Waals surface area contributed by atoms with Gasteiger partial charge in [0, 0.05) is 12.0 Å². The summed E-state index contributed by atoms with van der Waals surface area (Å²) in [5.74, 6) is -0.0217. The first-order valence-corrected chi connectivity index (χ1v) is 8.97. The Balaban J connectivity index is 1.71. The Labute approximate surface area is 139 Å². The van der Waals surface area contributed by atoms with E-state index in [4.69, 9.17) is 4.42 Å². The summed E-state index contributed by atoms with van der Waals surface area (Å²) < 4.78 is 43.0. The molecule has 0 aliphatic rings. The first-order valence-electron chi connectivity index (χ1n) is 7.32. The monoisotopic (exact) mass is 346 g/mol. The molecular weight excluding hydrogens is 331 g/mol. The van der Waals surface area contributed by atoms with Gasteiger partial charge in [-0.15, -0.1) is 10.2 Å². The van der Waals surface area contributed by atoms with E-state index in [0.29, 0.717) is 5.56 Å². The molecule has 5 nitrogen and oxygen atoms in total. The molecule has 0 amide bonds. The zero-order valence-corrected chi connectivity index (χ0v) is 13.8. The SMILES string of the molecule is Cc1ccc(S(=O)(=O)CCc2nnc(-c3ccc(F)cc3)o2)cc1. The van der Waals surface area contributed by atoms with E-state index < -0.39 is 9.84 Å². The maximum absolute atomic E-state index is 12.9. The maximum atomic E-state index is 12.9. The number of sulfone groups is 1. The number of aryl methyl sites for hydroxylation is 2. The molecule has 0 aliphatic heterocycles. The number of benzene rings is 2. The molecule has 0 N–H and O–H groups in total. The number of hydrogen-bond donors (Lipinski definition) is 0. The molecule has 0 bridgehead atoms. The minimum atomic E-state index is -3.41. The van der Waals surface area contributed by atoms with Gasteiger partial charge in [0.25, 0.3) is 0 Å². The zero-order valence-electron chi connectivity index (χ0n) is 12.9. The lowest BCUT2D eigenvalue weighted by atomic mass is 10.2. The van der Waals surface area contributed by atoms with E-state index >= 15 is 0 Å². The van der Waals surface area contributed by atoms with Crippen LogP contribution in [-0.4, -0.2) is 24.4 Å². The van der Waals surface area contributed by atoms with Crippen LogP contribution in [0.1, 0.15) is 11.5 Å². The number of rotatable bonds is 5. The Kier molecular flexibility index (Phi) is 4.44. The van der Waals surface area contributed by atoms with Crippen molar-refractivity contribution in [1.82, 2.24) is 10.2 Å². The molecule has 0 atom stereocenters. The number of aromatic nitrogens is 2. The molecule has 3 rings (SSSR count). The predicted octanol–water partition coefficient (Wildman–Crippen LogP) is 3.20. The standard InChI is InChI=1S/C17H15FN2O3S/c1-12-2-8-15(9-3-12)24(21,22)11-10-16-19-20-17(23-16)13-4-6-14(18)7-5-13/h2-9H,10-11H2,1H3. The molecule has 0 saturated heterocycles. The van der Waals surface area contributed by atoms with Crippen molar-refractivity contribution in [3.05, 3.63) is 65.8 Å². The lowest BCUT2D eigenvalue weighted by molar-refractivity contribution is 0.510. The minimum absolute atomic E-state index is 0.115. The summed E-state index contributed by atoms with van der Waals surface area (Å²) in [4.78, 5) is 0.270. The molecule has 0 saturated carbocycles. The summed E-state index contributed by atoms with van der Waals surface area (Å²) in [6.45, 7) is 1.89. The molecule has 3 aromatic rings. The lowest BCUT2D eigenvalue weighted by Gasteiger charge is -2.03. The van der Waals surface area contributed by atoms with Gasteiger partial charge in [0.1, 0.15) is 5.82 Å². The molecular formula is C17H15FN2O3S. The molecule has 124 valence electrons. The summed E-state index contributed by atoms with van der Waals surface area (Å²) in [5.41, 5.74) is 1.58. The second-order valence-corrected chi connectivity index (χ2v) is 7.50. The second kappa shape index (κ2) is 6.52. The summed E-state index contributed by atoms with van der Waals surface area (Å²) in [6, 6.07) is 12.3. The van der Waals surface area contributed by atoms with Crippen molar-refractivity contribution in [2.75, 3.05) is 5.75 Å². The maximum Gasteiger partial charge on any atom is 0.247 e. The third kappa shape index (κ3) is 3.68. The molecule has 0 radical (unpaired) electrons. The third-order valence-corrected chi connectivity index (χ3v) is 5.25. The first kappa shape index (κ1) is 16.3. The van der Waals surface area contributed by atoms with E-state index in [-0.39, 0.29) is 34.7 Å². The molecule has 2 aromatic carbocycles. The van der Waals surface area contributed by atoms with E-state index in [0.717, 1.165) is 5.56 Å². The van der Waals surface area contributed by atoms with Gasteiger partial charge in [-0.2, -0.15) is 0 Å². The summed E-state index contributed by atoms with van der Waals surface area (Å²) in [6.07, 6.45) is 0.115. The van der Waals surface area contributed by atoms with Crippen LogP contribution in [-0.2, 0) is 16.3 Å². The highest BCUT2D eigenvalue weighted by Gasteiger charge is 2.17. The fourth-order valence-electron chi connectivity index (χ4n) is 2.15. The molecule has 0 aliphatic carbocycles. The molecule has 7 heteroatoms. The van der Waals surface area contributed by atoms with Crippen molar-refractivity contribution < 1.29 is 17.2 Å². The number of halogens is 1. The van der Waals surface area contributed by atoms with Gasteiger partial charge in [-0.1, -0.05) is 17.7 Å². The molecule has 1 aromatic heterocycles. The first-order chi connectivity index (χ1) is 11.4. The Morgan fingerprint density at radius 3 is 2.33 bits per heavy atom. The highest BCUT2D eigenvalue weighted by atomic mass is 32.2. The Morgan fingerprint density at radius 1 is 1.00 bits per heavy atom. The van der Waals surface area contributed by atoms with Crippen LogP contribution >= 0.6 is 0 Å². The topological polar surface area (TPSA) is 73.1 Å². The normalized spacial score (nSPS) is 11.6. The van der Waals surface area contributed by atoms with Crippen molar-refractivity contribution in [2.45, 2.75) is 18.2 Å². The van der Waals surface area contributed by atoms with Gasteiger partial charge < -0.3 is 4.42 Å². The highest BCUT2D eigenvalue weighted by molar-refractivity contribution is 7.91. The summed E-state index contributed by atoms with van der Waals surface area (Å²) >= 11 is 0.